The van der Waals surface area contributed by atoms with Crippen LogP contribution in [0.15, 0.2) is 81.6 Å². The standard InChI is InChI=1S/C28H23N3O6/c1-16(2)17-4-6-18(7-5-17)28-30-22-14-19(8-11-25(22)37-28)29-27(32)26-13-12-24(36-26)21-10-9-20(35-3)15-23(21)31(33)34/h4-16H,1-3H3,(H,29,32). The highest BCUT2D eigenvalue weighted by Crippen LogP contribution is 2.34. The molecule has 0 aliphatic rings. The van der Waals surface area contributed by atoms with Gasteiger partial charge in [0.2, 0.25) is 5.89 Å². The van der Waals surface area contributed by atoms with Gasteiger partial charge in [-0.3, -0.25) is 14.9 Å². The van der Waals surface area contributed by atoms with Gasteiger partial charge in [-0.05, 0) is 66.1 Å². The van der Waals surface area contributed by atoms with Crippen molar-refractivity contribution in [2.75, 3.05) is 12.4 Å². The van der Waals surface area contributed by atoms with Gasteiger partial charge in [0.15, 0.2) is 11.3 Å². The van der Waals surface area contributed by atoms with Crippen LogP contribution < -0.4 is 10.1 Å². The molecule has 2 aromatic heterocycles. The summed E-state index contributed by atoms with van der Waals surface area (Å²) in [4.78, 5) is 28.4. The lowest BCUT2D eigenvalue weighted by molar-refractivity contribution is -0.384. The van der Waals surface area contributed by atoms with Crippen LogP contribution in [0.25, 0.3) is 33.9 Å². The van der Waals surface area contributed by atoms with Gasteiger partial charge in [0.05, 0.1) is 23.7 Å². The van der Waals surface area contributed by atoms with E-state index < -0.39 is 10.8 Å². The number of nitrogens with one attached hydrogen (secondary N) is 1. The van der Waals surface area contributed by atoms with Crippen molar-refractivity contribution >= 4 is 28.4 Å². The molecule has 1 amide bonds. The summed E-state index contributed by atoms with van der Waals surface area (Å²) in [5.74, 6) is 0.963. The van der Waals surface area contributed by atoms with Crippen LogP contribution >= 0.6 is 0 Å². The first-order chi connectivity index (χ1) is 17.8. The third-order valence-corrected chi connectivity index (χ3v) is 5.97. The fourth-order valence-corrected chi connectivity index (χ4v) is 3.93. The molecule has 3 aromatic carbocycles. The number of benzene rings is 3. The molecule has 9 nitrogen and oxygen atoms in total. The summed E-state index contributed by atoms with van der Waals surface area (Å²) in [6.07, 6.45) is 0. The van der Waals surface area contributed by atoms with Crippen LogP contribution in [0.1, 0.15) is 35.9 Å². The molecule has 0 saturated carbocycles. The largest absolute Gasteiger partial charge is 0.497 e. The molecular formula is C28H23N3O6. The predicted molar refractivity (Wildman–Crippen MR) is 139 cm³/mol. The molecule has 2 heterocycles. The van der Waals surface area contributed by atoms with Gasteiger partial charge in [0.25, 0.3) is 11.6 Å². The molecule has 9 heteroatoms. The monoisotopic (exact) mass is 497 g/mol. The van der Waals surface area contributed by atoms with Crippen LogP contribution in [0.2, 0.25) is 0 Å². The zero-order valence-electron chi connectivity index (χ0n) is 20.3. The van der Waals surface area contributed by atoms with Crippen LogP contribution in [-0.2, 0) is 0 Å². The summed E-state index contributed by atoms with van der Waals surface area (Å²) in [5, 5.41) is 14.3. The maximum atomic E-state index is 12.8. The summed E-state index contributed by atoms with van der Waals surface area (Å²) in [6.45, 7) is 4.27. The van der Waals surface area contributed by atoms with Crippen molar-refractivity contribution in [2.24, 2.45) is 0 Å². The van der Waals surface area contributed by atoms with Crippen molar-refractivity contribution in [2.45, 2.75) is 19.8 Å². The summed E-state index contributed by atoms with van der Waals surface area (Å²) < 4.78 is 16.6. The number of hydrogen-bond donors (Lipinski definition) is 1. The topological polar surface area (TPSA) is 121 Å². The summed E-state index contributed by atoms with van der Waals surface area (Å²) in [7, 11) is 1.43. The van der Waals surface area contributed by atoms with Gasteiger partial charge in [0, 0.05) is 11.3 Å². The number of nitro groups is 1. The van der Waals surface area contributed by atoms with E-state index >= 15 is 0 Å². The molecule has 0 atom stereocenters. The Bertz CT molecular complexity index is 1620. The van der Waals surface area contributed by atoms with E-state index in [1.165, 1.54) is 36.9 Å². The molecule has 0 radical (unpaired) electrons. The Morgan fingerprint density at radius 2 is 1.78 bits per heavy atom. The number of anilines is 1. The van der Waals surface area contributed by atoms with Crippen LogP contribution in [0, 0.1) is 10.1 Å². The number of fused-ring (bicyclic) bond motifs is 1. The lowest BCUT2D eigenvalue weighted by Gasteiger charge is -2.04. The Morgan fingerprint density at radius 1 is 1.00 bits per heavy atom. The first-order valence-electron chi connectivity index (χ1n) is 11.6. The molecule has 5 rings (SSSR count). The highest BCUT2D eigenvalue weighted by Gasteiger charge is 2.21. The summed E-state index contributed by atoms with van der Waals surface area (Å²) in [5.41, 5.74) is 3.83. The van der Waals surface area contributed by atoms with Crippen molar-refractivity contribution in [1.29, 1.82) is 0 Å². The normalized spacial score (nSPS) is 11.1. The van der Waals surface area contributed by atoms with Crippen molar-refractivity contribution in [3.05, 3.63) is 94.2 Å². The van der Waals surface area contributed by atoms with Crippen LogP contribution in [0.3, 0.4) is 0 Å². The molecule has 37 heavy (non-hydrogen) atoms. The average Bonchev–Trinajstić information content (AvgIpc) is 3.56. The van der Waals surface area contributed by atoms with E-state index in [4.69, 9.17) is 13.6 Å². The molecule has 186 valence electrons. The number of ether oxygens (including phenoxy) is 1. The first kappa shape index (κ1) is 23.8. The van der Waals surface area contributed by atoms with Gasteiger partial charge < -0.3 is 18.9 Å². The second kappa shape index (κ2) is 9.62. The maximum Gasteiger partial charge on any atom is 0.291 e. The maximum absolute atomic E-state index is 12.8. The Morgan fingerprint density at radius 3 is 2.49 bits per heavy atom. The van der Waals surface area contributed by atoms with Crippen molar-refractivity contribution < 1.29 is 23.3 Å². The van der Waals surface area contributed by atoms with E-state index in [0.717, 1.165) is 5.56 Å². The lowest BCUT2D eigenvalue weighted by Crippen LogP contribution is -2.10. The number of furan rings is 1. The Kier molecular flexibility index (Phi) is 6.19. The van der Waals surface area contributed by atoms with E-state index in [2.05, 4.69) is 36.3 Å². The highest BCUT2D eigenvalue weighted by atomic mass is 16.6. The summed E-state index contributed by atoms with van der Waals surface area (Å²) >= 11 is 0. The van der Waals surface area contributed by atoms with Gasteiger partial charge in [-0.2, -0.15) is 0 Å². The van der Waals surface area contributed by atoms with Gasteiger partial charge >= 0.3 is 0 Å². The van der Waals surface area contributed by atoms with E-state index in [9.17, 15) is 14.9 Å². The summed E-state index contributed by atoms with van der Waals surface area (Å²) in [6, 6.07) is 20.6. The molecule has 0 unspecified atom stereocenters. The van der Waals surface area contributed by atoms with Crippen molar-refractivity contribution in [1.82, 2.24) is 4.98 Å². The van der Waals surface area contributed by atoms with Crippen LogP contribution in [0.4, 0.5) is 11.4 Å². The molecule has 1 N–H and O–H groups in total. The molecule has 0 spiro atoms. The van der Waals surface area contributed by atoms with Crippen LogP contribution in [-0.4, -0.2) is 22.9 Å². The number of methoxy groups -OCH3 is 1. The Balaban J connectivity index is 1.35. The minimum Gasteiger partial charge on any atom is -0.497 e. The third-order valence-electron chi connectivity index (χ3n) is 5.97. The number of hydrogen-bond acceptors (Lipinski definition) is 7. The number of oxazole rings is 1. The molecule has 0 saturated heterocycles. The number of carbonyl (C=O) groups excluding carboxylic acids is 1. The van der Waals surface area contributed by atoms with E-state index in [0.29, 0.717) is 34.3 Å². The van der Waals surface area contributed by atoms with Gasteiger partial charge in [-0.15, -0.1) is 0 Å². The third kappa shape index (κ3) is 4.79. The molecule has 0 aliphatic carbocycles. The number of amides is 1. The number of carbonyl (C=O) groups is 1. The SMILES string of the molecule is COc1ccc(-c2ccc(C(=O)Nc3ccc4oc(-c5ccc(C(C)C)cc5)nc4c3)o2)c([N+](=O)[O-])c1. The van der Waals surface area contributed by atoms with E-state index in [-0.39, 0.29) is 22.8 Å². The zero-order valence-corrected chi connectivity index (χ0v) is 20.3. The molecular weight excluding hydrogens is 474 g/mol. The molecule has 0 bridgehead atoms. The first-order valence-corrected chi connectivity index (χ1v) is 11.6. The highest BCUT2D eigenvalue weighted by molar-refractivity contribution is 6.03. The number of nitro benzene ring substituents is 1. The Hall–Kier alpha value is -4.92. The molecule has 0 aliphatic heterocycles. The molecule has 5 aromatic rings. The Labute approximate surface area is 211 Å². The smallest absolute Gasteiger partial charge is 0.291 e. The van der Waals surface area contributed by atoms with Gasteiger partial charge in [-0.25, -0.2) is 4.98 Å². The minimum atomic E-state index is -0.528. The minimum absolute atomic E-state index is 0.00583. The van der Waals surface area contributed by atoms with Crippen LogP contribution in [0.5, 0.6) is 5.75 Å². The van der Waals surface area contributed by atoms with Gasteiger partial charge in [0.1, 0.15) is 17.0 Å². The lowest BCUT2D eigenvalue weighted by atomic mass is 10.0. The fourth-order valence-electron chi connectivity index (χ4n) is 3.93. The zero-order chi connectivity index (χ0) is 26.1. The van der Waals surface area contributed by atoms with E-state index in [1.807, 2.05) is 12.1 Å². The predicted octanol–water partition coefficient (Wildman–Crippen LogP) is 7.05. The second-order valence-corrected chi connectivity index (χ2v) is 8.74. The second-order valence-electron chi connectivity index (χ2n) is 8.74. The van der Waals surface area contributed by atoms with Gasteiger partial charge in [-0.1, -0.05) is 26.0 Å². The number of nitrogens with zero attached hydrogens (tertiary/aromatic N) is 2. The quantitative estimate of drug-likeness (QED) is 0.189. The fraction of sp³-hybridized carbons (Fsp3) is 0.143. The van der Waals surface area contributed by atoms with Crippen molar-refractivity contribution in [3.63, 3.8) is 0 Å². The van der Waals surface area contributed by atoms with Crippen molar-refractivity contribution in [3.8, 4) is 28.5 Å². The molecule has 0 fully saturated rings. The average molecular weight is 498 g/mol. The number of aromatic nitrogens is 1. The number of rotatable bonds is 7. The van der Waals surface area contributed by atoms with E-state index in [1.54, 1.807) is 24.3 Å².